The molecule has 0 radical (unpaired) electrons. The van der Waals surface area contributed by atoms with Gasteiger partial charge in [-0.3, -0.25) is 14.6 Å². The van der Waals surface area contributed by atoms with Crippen molar-refractivity contribution >= 4 is 22.7 Å². The van der Waals surface area contributed by atoms with Gasteiger partial charge in [0.2, 0.25) is 0 Å². The zero-order valence-corrected chi connectivity index (χ0v) is 21.1. The average molecular weight is 487 g/mol. The molecule has 0 aromatic heterocycles. The highest BCUT2D eigenvalue weighted by atomic mass is 16.5. The molecule has 2 aliphatic heterocycles. The minimum Gasteiger partial charge on any atom is -0.497 e. The number of nitrogens with zero attached hydrogens (tertiary/aromatic N) is 3. The van der Waals surface area contributed by atoms with E-state index in [0.29, 0.717) is 19.5 Å². The van der Waals surface area contributed by atoms with Gasteiger partial charge in [-0.05, 0) is 53.8 Å². The number of fused-ring (bicyclic) bond motifs is 1. The van der Waals surface area contributed by atoms with Crippen LogP contribution in [0.2, 0.25) is 0 Å². The van der Waals surface area contributed by atoms with Gasteiger partial charge in [0, 0.05) is 32.7 Å². The summed E-state index contributed by atoms with van der Waals surface area (Å²) >= 11 is 0. The van der Waals surface area contributed by atoms with Crippen LogP contribution in [0.5, 0.6) is 5.75 Å². The number of rotatable bonds is 8. The van der Waals surface area contributed by atoms with Gasteiger partial charge >= 0.3 is 6.03 Å². The highest BCUT2D eigenvalue weighted by molar-refractivity contribution is 6.06. The lowest BCUT2D eigenvalue weighted by molar-refractivity contribution is -0.132. The quantitative estimate of drug-likeness (QED) is 0.490. The number of imide groups is 1. The largest absolute Gasteiger partial charge is 0.497 e. The van der Waals surface area contributed by atoms with E-state index in [9.17, 15) is 9.59 Å². The molecule has 7 nitrogen and oxygen atoms in total. The van der Waals surface area contributed by atoms with E-state index in [1.54, 1.807) is 7.11 Å². The number of urea groups is 1. The van der Waals surface area contributed by atoms with Gasteiger partial charge in [-0.2, -0.15) is 0 Å². The van der Waals surface area contributed by atoms with Crippen LogP contribution in [0.4, 0.5) is 4.79 Å². The van der Waals surface area contributed by atoms with Crippen LogP contribution in [0.15, 0.2) is 66.7 Å². The molecule has 2 aliphatic rings. The molecule has 3 aromatic carbocycles. The Labute approximate surface area is 212 Å². The molecule has 0 saturated carbocycles. The molecule has 5 rings (SSSR count). The fraction of sp³-hybridized carbons (Fsp3) is 0.379. The minimum atomic E-state index is -0.882. The van der Waals surface area contributed by atoms with E-state index in [4.69, 9.17) is 4.74 Å². The zero-order valence-electron chi connectivity index (χ0n) is 21.1. The molecule has 0 bridgehead atoms. The average Bonchev–Trinajstić information content (AvgIpc) is 3.12. The van der Waals surface area contributed by atoms with Crippen LogP contribution in [-0.4, -0.2) is 72.1 Å². The van der Waals surface area contributed by atoms with Crippen molar-refractivity contribution in [3.63, 3.8) is 0 Å². The van der Waals surface area contributed by atoms with Gasteiger partial charge in [-0.25, -0.2) is 9.69 Å². The zero-order chi connectivity index (χ0) is 25.1. The number of aryl methyl sites for hydroxylation is 1. The molecular weight excluding hydrogens is 452 g/mol. The first-order valence-corrected chi connectivity index (χ1v) is 12.6. The second kappa shape index (κ2) is 10.3. The summed E-state index contributed by atoms with van der Waals surface area (Å²) in [4.78, 5) is 32.0. The molecule has 36 heavy (non-hydrogen) atoms. The maximum atomic E-state index is 13.2. The fourth-order valence-corrected chi connectivity index (χ4v) is 5.19. The van der Waals surface area contributed by atoms with Crippen molar-refractivity contribution in [1.82, 2.24) is 20.0 Å². The Kier molecular flexibility index (Phi) is 6.94. The third-order valence-electron chi connectivity index (χ3n) is 7.50. The molecule has 3 amide bonds. The molecule has 2 saturated heterocycles. The van der Waals surface area contributed by atoms with E-state index in [0.717, 1.165) is 44.0 Å². The van der Waals surface area contributed by atoms with Crippen molar-refractivity contribution in [2.75, 3.05) is 40.0 Å². The van der Waals surface area contributed by atoms with Gasteiger partial charge in [0.15, 0.2) is 0 Å². The van der Waals surface area contributed by atoms with Crippen LogP contribution in [0.3, 0.4) is 0 Å². The number of methoxy groups -OCH3 is 1. The molecule has 2 heterocycles. The van der Waals surface area contributed by atoms with Crippen molar-refractivity contribution in [2.24, 2.45) is 0 Å². The van der Waals surface area contributed by atoms with Gasteiger partial charge in [-0.1, -0.05) is 54.6 Å². The fourth-order valence-electron chi connectivity index (χ4n) is 5.19. The van der Waals surface area contributed by atoms with Crippen molar-refractivity contribution in [2.45, 2.75) is 31.8 Å². The predicted molar refractivity (Wildman–Crippen MR) is 141 cm³/mol. The molecule has 1 atom stereocenters. The smallest absolute Gasteiger partial charge is 0.326 e. The summed E-state index contributed by atoms with van der Waals surface area (Å²) in [5, 5.41) is 5.51. The van der Waals surface area contributed by atoms with Gasteiger partial charge in [0.05, 0.1) is 13.8 Å². The minimum absolute atomic E-state index is 0.140. The third-order valence-corrected chi connectivity index (χ3v) is 7.50. The first kappa shape index (κ1) is 24.3. The SMILES string of the molecule is COc1ccc(CC[C@]2(C)NC(=O)N(CN3CCN(Cc4cccc5ccccc45)CC3)C2=O)cc1. The highest BCUT2D eigenvalue weighted by Gasteiger charge is 2.47. The summed E-state index contributed by atoms with van der Waals surface area (Å²) < 4.78 is 5.21. The predicted octanol–water partition coefficient (Wildman–Crippen LogP) is 3.87. The number of carbonyl (C=O) groups excluding carboxylic acids is 2. The summed E-state index contributed by atoms with van der Waals surface area (Å²) in [6.07, 6.45) is 1.26. The van der Waals surface area contributed by atoms with Gasteiger partial charge in [-0.15, -0.1) is 0 Å². The van der Waals surface area contributed by atoms with Crippen LogP contribution >= 0.6 is 0 Å². The maximum Gasteiger partial charge on any atom is 0.326 e. The number of carbonyl (C=O) groups is 2. The van der Waals surface area contributed by atoms with E-state index in [-0.39, 0.29) is 11.9 Å². The molecule has 188 valence electrons. The molecule has 0 aliphatic carbocycles. The number of hydrogen-bond acceptors (Lipinski definition) is 5. The van der Waals surface area contributed by atoms with Crippen LogP contribution < -0.4 is 10.1 Å². The summed E-state index contributed by atoms with van der Waals surface area (Å²) in [5.74, 6) is 0.665. The molecule has 3 aromatic rings. The monoisotopic (exact) mass is 486 g/mol. The van der Waals surface area contributed by atoms with Gasteiger partial charge in [0.25, 0.3) is 5.91 Å². The Morgan fingerprint density at radius 3 is 2.33 bits per heavy atom. The molecule has 2 fully saturated rings. The van der Waals surface area contributed by atoms with E-state index in [2.05, 4.69) is 57.6 Å². The number of ether oxygens (including phenoxy) is 1. The summed E-state index contributed by atoms with van der Waals surface area (Å²) in [7, 11) is 1.64. The third kappa shape index (κ3) is 5.08. The first-order valence-electron chi connectivity index (χ1n) is 12.6. The summed E-state index contributed by atoms with van der Waals surface area (Å²) in [6, 6.07) is 22.5. The normalized spacial score (nSPS) is 21.2. The molecule has 0 spiro atoms. The number of amides is 3. The van der Waals surface area contributed by atoms with Crippen LogP contribution in [0.25, 0.3) is 10.8 Å². The van der Waals surface area contributed by atoms with Crippen LogP contribution in [-0.2, 0) is 17.8 Å². The first-order chi connectivity index (χ1) is 17.4. The van der Waals surface area contributed by atoms with Crippen LogP contribution in [0.1, 0.15) is 24.5 Å². The Hall–Kier alpha value is -3.42. The van der Waals surface area contributed by atoms with Crippen molar-refractivity contribution < 1.29 is 14.3 Å². The molecular formula is C29H34N4O3. The molecule has 7 heteroatoms. The van der Waals surface area contributed by atoms with E-state index >= 15 is 0 Å². The number of hydrogen-bond donors (Lipinski definition) is 1. The summed E-state index contributed by atoms with van der Waals surface area (Å²) in [5.41, 5.74) is 1.57. The second-order valence-electron chi connectivity index (χ2n) is 10.0. The molecule has 0 unspecified atom stereocenters. The summed E-state index contributed by atoms with van der Waals surface area (Å²) in [6.45, 7) is 6.53. The van der Waals surface area contributed by atoms with E-state index < -0.39 is 5.54 Å². The number of nitrogens with one attached hydrogen (secondary N) is 1. The van der Waals surface area contributed by atoms with Crippen LogP contribution in [0, 0.1) is 0 Å². The van der Waals surface area contributed by atoms with Crippen molar-refractivity contribution in [1.29, 1.82) is 0 Å². The Morgan fingerprint density at radius 1 is 0.889 bits per heavy atom. The van der Waals surface area contributed by atoms with Crippen molar-refractivity contribution in [3.05, 3.63) is 77.9 Å². The van der Waals surface area contributed by atoms with Gasteiger partial charge < -0.3 is 10.1 Å². The number of piperazine rings is 1. The van der Waals surface area contributed by atoms with Gasteiger partial charge in [0.1, 0.15) is 11.3 Å². The number of benzene rings is 3. The van der Waals surface area contributed by atoms with Crippen molar-refractivity contribution in [3.8, 4) is 5.75 Å². The lowest BCUT2D eigenvalue weighted by Crippen LogP contribution is -2.51. The highest BCUT2D eigenvalue weighted by Crippen LogP contribution is 2.25. The Morgan fingerprint density at radius 2 is 1.58 bits per heavy atom. The maximum absolute atomic E-state index is 13.2. The Balaban J connectivity index is 1.14. The Bertz CT molecular complexity index is 1230. The lowest BCUT2D eigenvalue weighted by Gasteiger charge is -2.36. The van der Waals surface area contributed by atoms with E-state index in [1.807, 2.05) is 31.2 Å². The lowest BCUT2D eigenvalue weighted by atomic mass is 9.93. The topological polar surface area (TPSA) is 65.1 Å². The van der Waals surface area contributed by atoms with E-state index in [1.165, 1.54) is 21.2 Å². The molecule has 1 N–H and O–H groups in total. The standard InChI is InChI=1S/C29H34N4O3/c1-29(15-14-22-10-12-25(36-2)13-11-22)27(34)33(28(35)30-29)21-32-18-16-31(17-19-32)20-24-8-5-7-23-6-3-4-9-26(23)24/h3-13H,14-21H2,1-2H3,(H,30,35)/t29-/m0/s1. The second-order valence-corrected chi connectivity index (χ2v) is 10.0.